The Morgan fingerprint density at radius 1 is 0.755 bits per heavy atom. The number of fused-ring (bicyclic) bond motifs is 2. The third-order valence-corrected chi connectivity index (χ3v) is 9.53. The maximum absolute atomic E-state index is 13.3. The molecule has 14 heteroatoms. The second kappa shape index (κ2) is 13.5. The fraction of sp³-hybridized carbons (Fsp3) is 0.314. The number of primary amides is 1. The summed E-state index contributed by atoms with van der Waals surface area (Å²) in [6.07, 6.45) is 14.5. The van der Waals surface area contributed by atoms with Crippen molar-refractivity contribution in [3.05, 3.63) is 85.2 Å². The minimum absolute atomic E-state index is 0.256. The molecule has 254 valence electrons. The van der Waals surface area contributed by atoms with Gasteiger partial charge in [-0.05, 0) is 62.1 Å². The molecule has 0 spiro atoms. The molecule has 6 heterocycles. The van der Waals surface area contributed by atoms with Crippen molar-refractivity contribution in [2.75, 3.05) is 33.3 Å². The first-order valence-electron chi connectivity index (χ1n) is 16.3. The van der Waals surface area contributed by atoms with Crippen LogP contribution in [-0.2, 0) is 4.74 Å². The SMILES string of the molecule is COC(=O)N1CCC(n2cc(-c3c[nH]c4cc(F)ccc34)cn2)CC1.NC(=O)N1CCC(n2cc(-c3c[nH]c4cc(F)ccc34)cn2)CC1. The average molecular weight is 670 g/mol. The zero-order chi connectivity index (χ0) is 34.1. The number of benzene rings is 2. The molecule has 0 aliphatic carbocycles. The standard InChI is InChI=1S/C18H19FN4O2.C17H18FN5O/c1-25-18(24)22-6-4-14(5-7-22)23-11-12(9-21-23)16-10-20-17-8-13(19)2-3-15(16)17;18-12-1-2-14-15(9-20-16(14)7-12)11-8-21-23(10-11)13-3-5-22(6-4-13)17(19)24/h2-3,8-11,14,20H,4-7H2,1H3;1-2,7-10,13,20H,3-6H2,(H2,19,24). The topological polar surface area (TPSA) is 143 Å². The Balaban J connectivity index is 0.000000154. The number of piperidine rings is 2. The van der Waals surface area contributed by atoms with Crippen LogP contribution < -0.4 is 5.73 Å². The number of nitrogens with zero attached hydrogens (tertiary/aromatic N) is 6. The number of likely N-dealkylation sites (tertiary alicyclic amines) is 2. The van der Waals surface area contributed by atoms with Crippen molar-refractivity contribution in [3.63, 3.8) is 0 Å². The number of aromatic nitrogens is 6. The predicted octanol–water partition coefficient (Wildman–Crippen LogP) is 6.46. The van der Waals surface area contributed by atoms with Crippen LogP contribution in [-0.4, -0.2) is 84.7 Å². The third-order valence-electron chi connectivity index (χ3n) is 9.53. The van der Waals surface area contributed by atoms with Crippen LogP contribution in [0.4, 0.5) is 18.4 Å². The van der Waals surface area contributed by atoms with Crippen LogP contribution in [0.15, 0.2) is 73.6 Å². The van der Waals surface area contributed by atoms with Gasteiger partial charge < -0.3 is 30.2 Å². The van der Waals surface area contributed by atoms with E-state index in [0.29, 0.717) is 26.2 Å². The van der Waals surface area contributed by atoms with Gasteiger partial charge in [0.25, 0.3) is 0 Å². The fourth-order valence-corrected chi connectivity index (χ4v) is 6.82. The lowest BCUT2D eigenvalue weighted by Crippen LogP contribution is -2.42. The predicted molar refractivity (Wildman–Crippen MR) is 181 cm³/mol. The van der Waals surface area contributed by atoms with Crippen molar-refractivity contribution in [2.24, 2.45) is 5.73 Å². The molecule has 8 rings (SSSR count). The van der Waals surface area contributed by atoms with Gasteiger partial charge in [0.1, 0.15) is 11.6 Å². The highest BCUT2D eigenvalue weighted by Gasteiger charge is 2.25. The molecule has 2 saturated heterocycles. The average Bonchev–Trinajstić information content (AvgIpc) is 3.94. The first kappa shape index (κ1) is 31.9. The number of aromatic amines is 2. The van der Waals surface area contributed by atoms with E-state index in [2.05, 4.69) is 20.2 Å². The number of rotatable bonds is 4. The Labute approximate surface area is 280 Å². The third kappa shape index (κ3) is 6.58. The number of carbonyl (C=O) groups is 2. The lowest BCUT2D eigenvalue weighted by atomic mass is 10.1. The summed E-state index contributed by atoms with van der Waals surface area (Å²) in [5.41, 5.74) is 10.9. The van der Waals surface area contributed by atoms with Gasteiger partial charge in [0.05, 0.1) is 31.6 Å². The van der Waals surface area contributed by atoms with Gasteiger partial charge in [0.2, 0.25) is 0 Å². The van der Waals surface area contributed by atoms with Gasteiger partial charge >= 0.3 is 12.1 Å². The van der Waals surface area contributed by atoms with Gasteiger partial charge in [-0.1, -0.05) is 0 Å². The van der Waals surface area contributed by atoms with Gasteiger partial charge in [-0.3, -0.25) is 9.36 Å². The first-order chi connectivity index (χ1) is 23.8. The van der Waals surface area contributed by atoms with Crippen molar-refractivity contribution >= 4 is 33.9 Å². The number of ether oxygens (including phenoxy) is 1. The number of carbonyl (C=O) groups excluding carboxylic acids is 2. The lowest BCUT2D eigenvalue weighted by molar-refractivity contribution is 0.105. The zero-order valence-electron chi connectivity index (χ0n) is 27.0. The van der Waals surface area contributed by atoms with Crippen molar-refractivity contribution in [1.29, 1.82) is 0 Å². The summed E-state index contributed by atoms with van der Waals surface area (Å²) < 4.78 is 35.3. The van der Waals surface area contributed by atoms with E-state index in [4.69, 9.17) is 10.5 Å². The highest BCUT2D eigenvalue weighted by Crippen LogP contribution is 2.32. The molecule has 0 saturated carbocycles. The molecule has 49 heavy (non-hydrogen) atoms. The molecular formula is C35H37F2N9O3. The molecular weight excluding hydrogens is 632 g/mol. The number of nitrogens with two attached hydrogens (primary N) is 1. The summed E-state index contributed by atoms with van der Waals surface area (Å²) in [5, 5.41) is 10.9. The largest absolute Gasteiger partial charge is 0.453 e. The summed E-state index contributed by atoms with van der Waals surface area (Å²) in [7, 11) is 1.40. The lowest BCUT2D eigenvalue weighted by Gasteiger charge is -2.30. The fourth-order valence-electron chi connectivity index (χ4n) is 6.82. The number of urea groups is 1. The Morgan fingerprint density at radius 2 is 1.20 bits per heavy atom. The van der Waals surface area contributed by atoms with E-state index < -0.39 is 0 Å². The van der Waals surface area contributed by atoms with Gasteiger partial charge in [0.15, 0.2) is 0 Å². The summed E-state index contributed by atoms with van der Waals surface area (Å²) in [6, 6.07) is 9.63. The summed E-state index contributed by atoms with van der Waals surface area (Å²) >= 11 is 0. The normalized spacial score (nSPS) is 15.8. The summed E-state index contributed by atoms with van der Waals surface area (Å²) in [4.78, 5) is 32.4. The molecule has 0 bridgehead atoms. The Kier molecular flexibility index (Phi) is 8.76. The molecule has 0 radical (unpaired) electrons. The highest BCUT2D eigenvalue weighted by atomic mass is 19.1. The number of hydrogen-bond acceptors (Lipinski definition) is 5. The number of halogens is 2. The van der Waals surface area contributed by atoms with Crippen LogP contribution in [0.2, 0.25) is 0 Å². The smallest absolute Gasteiger partial charge is 0.409 e. The van der Waals surface area contributed by atoms with E-state index in [0.717, 1.165) is 69.7 Å². The molecule has 2 fully saturated rings. The maximum atomic E-state index is 13.3. The Bertz CT molecular complexity index is 2100. The molecule has 0 atom stereocenters. The number of hydrogen-bond donors (Lipinski definition) is 3. The molecule has 2 aliphatic rings. The van der Waals surface area contributed by atoms with Crippen molar-refractivity contribution in [1.82, 2.24) is 39.3 Å². The van der Waals surface area contributed by atoms with E-state index in [1.165, 1.54) is 31.4 Å². The van der Waals surface area contributed by atoms with E-state index >= 15 is 0 Å². The van der Waals surface area contributed by atoms with Gasteiger partial charge in [-0.25, -0.2) is 18.4 Å². The van der Waals surface area contributed by atoms with Gasteiger partial charge in [-0.2, -0.15) is 10.2 Å². The quantitative estimate of drug-likeness (QED) is 0.198. The molecule has 4 N–H and O–H groups in total. The van der Waals surface area contributed by atoms with E-state index in [-0.39, 0.29) is 35.8 Å². The van der Waals surface area contributed by atoms with E-state index in [1.807, 2.05) is 46.5 Å². The first-order valence-corrected chi connectivity index (χ1v) is 16.3. The number of H-pyrrole nitrogens is 2. The maximum Gasteiger partial charge on any atom is 0.409 e. The summed E-state index contributed by atoms with van der Waals surface area (Å²) in [6.45, 7) is 2.64. The number of amides is 3. The van der Waals surface area contributed by atoms with E-state index in [1.54, 1.807) is 21.9 Å². The van der Waals surface area contributed by atoms with Crippen LogP contribution in [0, 0.1) is 11.6 Å². The molecule has 4 aromatic heterocycles. The van der Waals surface area contributed by atoms with Crippen LogP contribution in [0.25, 0.3) is 44.1 Å². The Morgan fingerprint density at radius 3 is 1.63 bits per heavy atom. The molecule has 0 unspecified atom stereocenters. The molecule has 12 nitrogen and oxygen atoms in total. The second-order valence-electron chi connectivity index (χ2n) is 12.4. The molecule has 2 aromatic carbocycles. The van der Waals surface area contributed by atoms with Gasteiger partial charge in [-0.15, -0.1) is 0 Å². The molecule has 3 amide bonds. The minimum Gasteiger partial charge on any atom is -0.453 e. The Hall–Kier alpha value is -5.66. The number of nitrogens with one attached hydrogen (secondary N) is 2. The van der Waals surface area contributed by atoms with Crippen LogP contribution in [0.3, 0.4) is 0 Å². The molecule has 2 aliphatic heterocycles. The van der Waals surface area contributed by atoms with Crippen LogP contribution in [0.1, 0.15) is 37.8 Å². The zero-order valence-corrected chi connectivity index (χ0v) is 27.0. The minimum atomic E-state index is -0.361. The monoisotopic (exact) mass is 669 g/mol. The van der Waals surface area contributed by atoms with Crippen LogP contribution in [0.5, 0.6) is 0 Å². The number of methoxy groups -OCH3 is 1. The second-order valence-corrected chi connectivity index (χ2v) is 12.4. The van der Waals surface area contributed by atoms with Crippen molar-refractivity contribution in [3.8, 4) is 22.3 Å². The highest BCUT2D eigenvalue weighted by molar-refractivity contribution is 5.96. The molecule has 6 aromatic rings. The van der Waals surface area contributed by atoms with Gasteiger partial charge in [0, 0.05) is 95.0 Å². The van der Waals surface area contributed by atoms with Crippen LogP contribution >= 0.6 is 0 Å². The van der Waals surface area contributed by atoms with E-state index in [9.17, 15) is 18.4 Å². The van der Waals surface area contributed by atoms with Crippen molar-refractivity contribution in [2.45, 2.75) is 37.8 Å². The van der Waals surface area contributed by atoms with Crippen molar-refractivity contribution < 1.29 is 23.1 Å². The summed E-state index contributed by atoms with van der Waals surface area (Å²) in [5.74, 6) is -0.512.